The van der Waals surface area contributed by atoms with E-state index in [0.717, 1.165) is 0 Å². The second-order valence-electron chi connectivity index (χ2n) is 6.00. The van der Waals surface area contributed by atoms with E-state index < -0.39 is 11.8 Å². The molecule has 0 bridgehead atoms. The molecule has 0 spiro atoms. The van der Waals surface area contributed by atoms with Gasteiger partial charge in [0.25, 0.3) is 11.8 Å². The van der Waals surface area contributed by atoms with E-state index in [2.05, 4.69) is 20.8 Å². The summed E-state index contributed by atoms with van der Waals surface area (Å²) in [5.41, 5.74) is 0.707. The molecule has 9 heteroatoms. The third-order valence-corrected chi connectivity index (χ3v) is 3.88. The number of anilines is 2. The van der Waals surface area contributed by atoms with Gasteiger partial charge in [-0.2, -0.15) is 0 Å². The molecule has 0 fully saturated rings. The lowest BCUT2D eigenvalue weighted by molar-refractivity contribution is 0.101. The fourth-order valence-electron chi connectivity index (χ4n) is 2.61. The molecule has 3 heterocycles. The lowest BCUT2D eigenvalue weighted by atomic mass is 10.2. The maximum atomic E-state index is 12.5. The van der Waals surface area contributed by atoms with E-state index in [1.54, 1.807) is 37.3 Å². The number of pyridine rings is 1. The Morgan fingerprint density at radius 3 is 2.36 bits per heavy atom. The normalized spacial score (nSPS) is 12.3. The van der Waals surface area contributed by atoms with Gasteiger partial charge in [0.15, 0.2) is 17.3 Å². The molecule has 0 aliphatic carbocycles. The first-order valence-corrected chi connectivity index (χ1v) is 8.51. The van der Waals surface area contributed by atoms with Gasteiger partial charge in [-0.3, -0.25) is 9.59 Å². The molecular weight excluding hydrogens is 364 g/mol. The first kappa shape index (κ1) is 17.5. The van der Waals surface area contributed by atoms with Gasteiger partial charge in [0, 0.05) is 17.8 Å². The Morgan fingerprint density at radius 2 is 1.64 bits per heavy atom. The van der Waals surface area contributed by atoms with Crippen LogP contribution in [0, 0.1) is 6.92 Å². The smallest absolute Gasteiger partial charge is 0.275 e. The summed E-state index contributed by atoms with van der Waals surface area (Å²) in [6.07, 6.45) is 0. The minimum atomic E-state index is -0.498. The molecule has 2 N–H and O–H groups in total. The average molecular weight is 380 g/mol. The third kappa shape index (κ3) is 3.78. The highest BCUT2D eigenvalue weighted by molar-refractivity contribution is 6.06. The van der Waals surface area contributed by atoms with Crippen molar-refractivity contribution >= 4 is 23.3 Å². The number of benzene rings is 1. The number of amides is 2. The number of aryl methyl sites for hydroxylation is 1. The molecule has 4 rings (SSSR count). The molecule has 1 aliphatic rings. The number of fused-ring (bicyclic) bond motifs is 1. The van der Waals surface area contributed by atoms with Gasteiger partial charge in [0.05, 0.1) is 0 Å². The largest absolute Gasteiger partial charge is 0.486 e. The van der Waals surface area contributed by atoms with Crippen molar-refractivity contribution in [1.29, 1.82) is 0 Å². The van der Waals surface area contributed by atoms with E-state index >= 15 is 0 Å². The van der Waals surface area contributed by atoms with E-state index in [4.69, 9.17) is 14.0 Å². The van der Waals surface area contributed by atoms with Gasteiger partial charge in [0.2, 0.25) is 0 Å². The first-order chi connectivity index (χ1) is 13.6. The molecule has 0 unspecified atom stereocenters. The van der Waals surface area contributed by atoms with Crippen LogP contribution in [-0.4, -0.2) is 35.2 Å². The molecule has 3 aromatic rings. The molecule has 0 saturated heterocycles. The molecule has 9 nitrogen and oxygen atoms in total. The van der Waals surface area contributed by atoms with E-state index in [1.165, 1.54) is 12.1 Å². The lowest BCUT2D eigenvalue weighted by Crippen LogP contribution is -2.19. The summed E-state index contributed by atoms with van der Waals surface area (Å²) in [6, 6.07) is 11.3. The SMILES string of the molecule is Cc1cc(NC(=O)c2cccc(C(=O)Nc3ccc4c(c3)OCCO4)n2)no1. The van der Waals surface area contributed by atoms with Crippen LogP contribution < -0.4 is 20.1 Å². The molecular formula is C19H16N4O5. The van der Waals surface area contributed by atoms with Gasteiger partial charge in [-0.25, -0.2) is 4.98 Å². The third-order valence-electron chi connectivity index (χ3n) is 3.88. The number of nitrogens with zero attached hydrogens (tertiary/aromatic N) is 2. The van der Waals surface area contributed by atoms with Crippen molar-refractivity contribution in [3.8, 4) is 11.5 Å². The maximum absolute atomic E-state index is 12.5. The Bertz CT molecular complexity index is 1050. The monoisotopic (exact) mass is 380 g/mol. The van der Waals surface area contributed by atoms with Crippen LogP contribution in [0.3, 0.4) is 0 Å². The summed E-state index contributed by atoms with van der Waals surface area (Å²) in [7, 11) is 0. The van der Waals surface area contributed by atoms with Crippen LogP contribution in [0.5, 0.6) is 11.5 Å². The van der Waals surface area contributed by atoms with Gasteiger partial charge in [0.1, 0.15) is 30.4 Å². The zero-order valence-electron chi connectivity index (χ0n) is 14.9. The highest BCUT2D eigenvalue weighted by Crippen LogP contribution is 2.32. The summed E-state index contributed by atoms with van der Waals surface area (Å²) in [6.45, 7) is 2.66. The van der Waals surface area contributed by atoms with E-state index in [9.17, 15) is 9.59 Å². The Hall–Kier alpha value is -3.88. The van der Waals surface area contributed by atoms with E-state index in [1.807, 2.05) is 0 Å². The molecule has 28 heavy (non-hydrogen) atoms. The van der Waals surface area contributed by atoms with Gasteiger partial charge in [-0.1, -0.05) is 11.2 Å². The van der Waals surface area contributed by atoms with Gasteiger partial charge < -0.3 is 24.6 Å². The predicted molar refractivity (Wildman–Crippen MR) is 98.8 cm³/mol. The van der Waals surface area contributed by atoms with Crippen molar-refractivity contribution in [2.45, 2.75) is 6.92 Å². The highest BCUT2D eigenvalue weighted by atomic mass is 16.6. The Labute approximate surface area is 159 Å². The first-order valence-electron chi connectivity index (χ1n) is 8.51. The van der Waals surface area contributed by atoms with Crippen LogP contribution >= 0.6 is 0 Å². The number of carbonyl (C=O) groups is 2. The minimum Gasteiger partial charge on any atom is -0.486 e. The number of rotatable bonds is 4. The molecule has 0 atom stereocenters. The van der Waals surface area contributed by atoms with Crippen molar-refractivity contribution in [3.63, 3.8) is 0 Å². The number of hydrogen-bond donors (Lipinski definition) is 2. The summed E-state index contributed by atoms with van der Waals surface area (Å²) < 4.78 is 15.9. The minimum absolute atomic E-state index is 0.0791. The quantitative estimate of drug-likeness (QED) is 0.715. The maximum Gasteiger partial charge on any atom is 0.275 e. The van der Waals surface area contributed by atoms with E-state index in [0.29, 0.717) is 36.2 Å². The molecule has 1 aliphatic heterocycles. The lowest BCUT2D eigenvalue weighted by Gasteiger charge is -2.19. The Morgan fingerprint density at radius 1 is 0.929 bits per heavy atom. The molecule has 2 amide bonds. The van der Waals surface area contributed by atoms with Gasteiger partial charge in [-0.15, -0.1) is 0 Å². The topological polar surface area (TPSA) is 116 Å². The van der Waals surface area contributed by atoms with Crippen molar-refractivity contribution < 1.29 is 23.6 Å². The molecule has 142 valence electrons. The van der Waals surface area contributed by atoms with Crippen molar-refractivity contribution in [1.82, 2.24) is 10.1 Å². The fourth-order valence-corrected chi connectivity index (χ4v) is 2.61. The number of ether oxygens (including phenoxy) is 2. The van der Waals surface area contributed by atoms with Gasteiger partial charge in [-0.05, 0) is 31.2 Å². The second kappa shape index (κ2) is 7.39. The highest BCUT2D eigenvalue weighted by Gasteiger charge is 2.16. The number of aromatic nitrogens is 2. The van der Waals surface area contributed by atoms with Crippen LogP contribution in [-0.2, 0) is 0 Å². The van der Waals surface area contributed by atoms with Gasteiger partial charge >= 0.3 is 0 Å². The molecule has 0 radical (unpaired) electrons. The second-order valence-corrected chi connectivity index (χ2v) is 6.00. The summed E-state index contributed by atoms with van der Waals surface area (Å²) >= 11 is 0. The van der Waals surface area contributed by atoms with Crippen molar-refractivity contribution in [2.75, 3.05) is 23.8 Å². The van der Waals surface area contributed by atoms with Crippen molar-refractivity contribution in [2.24, 2.45) is 0 Å². The summed E-state index contributed by atoms with van der Waals surface area (Å²) in [5.74, 6) is 1.08. The Balaban J connectivity index is 1.47. The molecule has 0 saturated carbocycles. The zero-order valence-corrected chi connectivity index (χ0v) is 14.9. The average Bonchev–Trinajstić information content (AvgIpc) is 3.12. The zero-order chi connectivity index (χ0) is 19.5. The van der Waals surface area contributed by atoms with Crippen LogP contribution in [0.1, 0.15) is 26.7 Å². The van der Waals surface area contributed by atoms with Crippen molar-refractivity contribution in [3.05, 3.63) is 59.6 Å². The Kier molecular flexibility index (Phi) is 4.63. The summed E-state index contributed by atoms with van der Waals surface area (Å²) in [5, 5.41) is 8.99. The van der Waals surface area contributed by atoms with Crippen LogP contribution in [0.15, 0.2) is 47.0 Å². The molecule has 2 aromatic heterocycles. The standard InChI is InChI=1S/C19H16N4O5/c1-11-9-17(23-28-11)22-19(25)14-4-2-3-13(21-14)18(24)20-12-5-6-15-16(10-12)27-8-7-26-15/h2-6,9-10H,7-8H2,1H3,(H,20,24)(H,22,23,25). The molecule has 1 aromatic carbocycles. The predicted octanol–water partition coefficient (Wildman–Crippen LogP) is 2.65. The number of nitrogens with one attached hydrogen (secondary N) is 2. The van der Waals surface area contributed by atoms with Crippen LogP contribution in [0.4, 0.5) is 11.5 Å². The van der Waals surface area contributed by atoms with E-state index in [-0.39, 0.29) is 17.2 Å². The summed E-state index contributed by atoms with van der Waals surface area (Å²) in [4.78, 5) is 28.9. The number of carbonyl (C=O) groups excluding carboxylic acids is 2. The van der Waals surface area contributed by atoms with Crippen LogP contribution in [0.25, 0.3) is 0 Å². The van der Waals surface area contributed by atoms with Crippen LogP contribution in [0.2, 0.25) is 0 Å². The number of hydrogen-bond acceptors (Lipinski definition) is 7. The fraction of sp³-hybridized carbons (Fsp3) is 0.158.